The van der Waals surface area contributed by atoms with Crippen LogP contribution in [-0.2, 0) is 20.8 Å². The van der Waals surface area contributed by atoms with Crippen LogP contribution in [0.3, 0.4) is 0 Å². The third-order valence-electron chi connectivity index (χ3n) is 6.11. The molecule has 0 aliphatic carbocycles. The number of carbonyl (C=O) groups excluding carboxylic acids is 1. The lowest BCUT2D eigenvalue weighted by molar-refractivity contribution is -0.169. The van der Waals surface area contributed by atoms with Gasteiger partial charge in [0.05, 0.1) is 44.4 Å². The summed E-state index contributed by atoms with van der Waals surface area (Å²) in [6.45, 7) is 0.617. The van der Waals surface area contributed by atoms with Crippen LogP contribution in [0.1, 0.15) is 31.2 Å². The Hall–Kier alpha value is -2.08. The van der Waals surface area contributed by atoms with Crippen LogP contribution in [-0.4, -0.2) is 79.5 Å². The lowest BCUT2D eigenvalue weighted by Gasteiger charge is -2.44. The molecule has 0 aromatic heterocycles. The Kier molecular flexibility index (Phi) is 7.62. The number of alkyl halides is 3. The molecule has 0 unspecified atom stereocenters. The number of nitrogens with one attached hydrogen (secondary N) is 1. The van der Waals surface area contributed by atoms with Gasteiger partial charge in [-0.25, -0.2) is 0 Å². The highest BCUT2D eigenvalue weighted by atomic mass is 19.4. The minimum atomic E-state index is -4.27. The highest BCUT2D eigenvalue weighted by Gasteiger charge is 2.39. The summed E-state index contributed by atoms with van der Waals surface area (Å²) in [5, 5.41) is 12.9. The molecule has 4 atom stereocenters. The third kappa shape index (κ3) is 6.72. The number of ether oxygens (including phenoxy) is 4. The van der Waals surface area contributed by atoms with E-state index in [-0.39, 0.29) is 57.6 Å². The Morgan fingerprint density at radius 1 is 1.18 bits per heavy atom. The second-order valence-electron chi connectivity index (χ2n) is 8.66. The van der Waals surface area contributed by atoms with Crippen LogP contribution >= 0.6 is 0 Å². The molecule has 3 aliphatic heterocycles. The first-order valence-corrected chi connectivity index (χ1v) is 11.1. The van der Waals surface area contributed by atoms with Gasteiger partial charge < -0.3 is 29.4 Å². The summed E-state index contributed by atoms with van der Waals surface area (Å²) in [5.41, 5.74) is 0.879. The van der Waals surface area contributed by atoms with Gasteiger partial charge in [-0.15, -0.1) is 0 Å². The van der Waals surface area contributed by atoms with Crippen molar-refractivity contribution in [2.45, 2.75) is 62.8 Å². The van der Waals surface area contributed by atoms with Gasteiger partial charge in [0.15, 0.2) is 11.5 Å². The summed E-state index contributed by atoms with van der Waals surface area (Å²) in [5.74, 6) is 1.15. The number of benzene rings is 1. The molecular formula is C22H29F3N2O6. The fourth-order valence-corrected chi connectivity index (χ4v) is 4.50. The monoisotopic (exact) mass is 474 g/mol. The number of hydrogen-bond donors (Lipinski definition) is 2. The van der Waals surface area contributed by atoms with Gasteiger partial charge in [-0.2, -0.15) is 13.2 Å². The van der Waals surface area contributed by atoms with Crippen LogP contribution < -0.4 is 14.8 Å². The van der Waals surface area contributed by atoms with Crippen molar-refractivity contribution in [2.75, 3.05) is 33.1 Å². The van der Waals surface area contributed by atoms with Crippen molar-refractivity contribution in [1.29, 1.82) is 0 Å². The van der Waals surface area contributed by atoms with E-state index in [1.165, 1.54) is 0 Å². The Labute approximate surface area is 189 Å². The SMILES string of the molecule is O=C(C[C@@H]1CC[C@H]2[C@@H](COC[C@@H](O)CN2CCC(F)(F)F)O1)NCc1ccc2c(c1)OCO2. The summed E-state index contributed by atoms with van der Waals surface area (Å²) in [6, 6.07) is 5.17. The number of aliphatic hydroxyl groups excluding tert-OH is 1. The second kappa shape index (κ2) is 10.5. The molecule has 11 heteroatoms. The van der Waals surface area contributed by atoms with Crippen molar-refractivity contribution < 1.29 is 42.0 Å². The number of hydrogen-bond acceptors (Lipinski definition) is 7. The van der Waals surface area contributed by atoms with Gasteiger partial charge in [0, 0.05) is 25.7 Å². The standard InChI is InChI=1S/C22H29F3N2O6/c23-22(24,25)5-6-27-10-15(28)11-30-12-20-17(27)3-2-16(33-20)8-21(29)26-9-14-1-4-18-19(7-14)32-13-31-18/h1,4,7,15-17,20,28H,2-3,5-6,8-13H2,(H,26,29)/t15-,16-,17-,20+/m0/s1. The molecule has 2 fully saturated rings. The van der Waals surface area contributed by atoms with E-state index < -0.39 is 24.8 Å². The largest absolute Gasteiger partial charge is 0.454 e. The number of carbonyl (C=O) groups is 1. The molecule has 0 spiro atoms. The van der Waals surface area contributed by atoms with Crippen LogP contribution in [0.5, 0.6) is 11.5 Å². The Morgan fingerprint density at radius 2 is 2.00 bits per heavy atom. The normalized spacial score (nSPS) is 28.0. The number of fused-ring (bicyclic) bond motifs is 2. The van der Waals surface area contributed by atoms with Crippen molar-refractivity contribution in [1.82, 2.24) is 10.2 Å². The fourth-order valence-electron chi connectivity index (χ4n) is 4.50. The molecular weight excluding hydrogens is 445 g/mol. The third-order valence-corrected chi connectivity index (χ3v) is 6.11. The highest BCUT2D eigenvalue weighted by Crippen LogP contribution is 2.33. The van der Waals surface area contributed by atoms with E-state index >= 15 is 0 Å². The number of amides is 1. The van der Waals surface area contributed by atoms with E-state index in [0.717, 1.165) is 5.56 Å². The molecule has 0 radical (unpaired) electrons. The van der Waals surface area contributed by atoms with Gasteiger partial charge in [-0.05, 0) is 30.5 Å². The molecule has 0 bridgehead atoms. The maximum absolute atomic E-state index is 12.8. The molecule has 3 heterocycles. The molecule has 4 rings (SSSR count). The highest BCUT2D eigenvalue weighted by molar-refractivity contribution is 5.76. The van der Waals surface area contributed by atoms with E-state index in [1.54, 1.807) is 11.0 Å². The number of rotatable bonds is 6. The molecule has 3 aliphatic rings. The number of aliphatic hydroxyl groups is 1. The molecule has 1 aromatic rings. The first-order chi connectivity index (χ1) is 15.8. The molecule has 8 nitrogen and oxygen atoms in total. The van der Waals surface area contributed by atoms with Gasteiger partial charge in [-0.3, -0.25) is 9.69 Å². The average Bonchev–Trinajstić information content (AvgIpc) is 3.22. The summed E-state index contributed by atoms with van der Waals surface area (Å²) in [7, 11) is 0. The maximum Gasteiger partial charge on any atom is 0.390 e. The smallest absolute Gasteiger partial charge is 0.390 e. The topological polar surface area (TPSA) is 89.5 Å². The summed E-state index contributed by atoms with van der Waals surface area (Å²) >= 11 is 0. The van der Waals surface area contributed by atoms with Crippen molar-refractivity contribution in [3.63, 3.8) is 0 Å². The molecule has 184 valence electrons. The minimum Gasteiger partial charge on any atom is -0.454 e. The van der Waals surface area contributed by atoms with Gasteiger partial charge >= 0.3 is 6.18 Å². The zero-order valence-electron chi connectivity index (χ0n) is 18.2. The Bertz CT molecular complexity index is 824. The lowest BCUT2D eigenvalue weighted by Crippen LogP contribution is -2.56. The number of halogens is 3. The Morgan fingerprint density at radius 3 is 2.82 bits per heavy atom. The van der Waals surface area contributed by atoms with E-state index in [4.69, 9.17) is 18.9 Å². The molecule has 2 saturated heterocycles. The van der Waals surface area contributed by atoms with Crippen LogP contribution in [0.15, 0.2) is 18.2 Å². The number of β-amino-alcohol motifs (C(OH)–C–C–N with tert-alkyl or cyclic N) is 1. The predicted molar refractivity (Wildman–Crippen MR) is 110 cm³/mol. The van der Waals surface area contributed by atoms with Crippen molar-refractivity contribution >= 4 is 5.91 Å². The van der Waals surface area contributed by atoms with Crippen molar-refractivity contribution in [3.8, 4) is 11.5 Å². The Balaban J connectivity index is 1.29. The molecule has 0 saturated carbocycles. The summed E-state index contributed by atoms with van der Waals surface area (Å²) < 4.78 is 60.5. The zero-order valence-corrected chi connectivity index (χ0v) is 18.2. The lowest BCUT2D eigenvalue weighted by atomic mass is 9.94. The van der Waals surface area contributed by atoms with E-state index in [1.807, 2.05) is 12.1 Å². The molecule has 1 aromatic carbocycles. The summed E-state index contributed by atoms with van der Waals surface area (Å²) in [6.07, 6.45) is -5.61. The van der Waals surface area contributed by atoms with E-state index in [2.05, 4.69) is 5.32 Å². The van der Waals surface area contributed by atoms with E-state index in [0.29, 0.717) is 30.9 Å². The van der Waals surface area contributed by atoms with Gasteiger partial charge in [0.25, 0.3) is 0 Å². The molecule has 1 amide bonds. The van der Waals surface area contributed by atoms with Crippen LogP contribution in [0, 0.1) is 0 Å². The van der Waals surface area contributed by atoms with Gasteiger partial charge in [-0.1, -0.05) is 6.07 Å². The average molecular weight is 474 g/mol. The van der Waals surface area contributed by atoms with Gasteiger partial charge in [0.2, 0.25) is 12.7 Å². The fraction of sp³-hybridized carbons (Fsp3) is 0.682. The molecule has 2 N–H and O–H groups in total. The van der Waals surface area contributed by atoms with E-state index in [9.17, 15) is 23.1 Å². The van der Waals surface area contributed by atoms with Crippen LogP contribution in [0.25, 0.3) is 0 Å². The second-order valence-corrected chi connectivity index (χ2v) is 8.66. The predicted octanol–water partition coefficient (Wildman–Crippen LogP) is 1.98. The number of nitrogens with zero attached hydrogens (tertiary/aromatic N) is 1. The van der Waals surface area contributed by atoms with Crippen LogP contribution in [0.2, 0.25) is 0 Å². The zero-order chi connectivity index (χ0) is 23.4. The maximum atomic E-state index is 12.8. The summed E-state index contributed by atoms with van der Waals surface area (Å²) in [4.78, 5) is 14.1. The molecule has 33 heavy (non-hydrogen) atoms. The quantitative estimate of drug-likeness (QED) is 0.652. The van der Waals surface area contributed by atoms with Crippen molar-refractivity contribution in [3.05, 3.63) is 23.8 Å². The first kappa shape index (κ1) is 24.1. The first-order valence-electron chi connectivity index (χ1n) is 11.1. The van der Waals surface area contributed by atoms with Crippen molar-refractivity contribution in [2.24, 2.45) is 0 Å². The van der Waals surface area contributed by atoms with Crippen LogP contribution in [0.4, 0.5) is 13.2 Å². The van der Waals surface area contributed by atoms with Gasteiger partial charge in [0.1, 0.15) is 0 Å². The minimum absolute atomic E-state index is 0.0375.